The largest absolute Gasteiger partial charge is 0.391 e. The van der Waals surface area contributed by atoms with Gasteiger partial charge in [0.2, 0.25) is 5.91 Å². The molecule has 1 amide bonds. The van der Waals surface area contributed by atoms with Gasteiger partial charge >= 0.3 is 6.18 Å². The molecule has 2 unspecified atom stereocenters. The number of hydrogen-bond donors (Lipinski definition) is 3. The van der Waals surface area contributed by atoms with Gasteiger partial charge in [0.25, 0.3) is 0 Å². The molecule has 0 spiro atoms. The van der Waals surface area contributed by atoms with Crippen molar-refractivity contribution in [1.29, 1.82) is 0 Å². The molecular weight excluding hydrogens is 333 g/mol. The molecule has 25 heavy (non-hydrogen) atoms. The molecule has 1 aliphatic carbocycles. The Morgan fingerprint density at radius 1 is 1.16 bits per heavy atom. The van der Waals surface area contributed by atoms with Crippen LogP contribution < -0.4 is 16.0 Å². The van der Waals surface area contributed by atoms with Gasteiger partial charge in [-0.15, -0.1) is 0 Å². The topological polar surface area (TPSA) is 65.5 Å². The molecule has 0 aromatic carbocycles. The number of amides is 1. The molecule has 1 saturated carbocycles. The maximum atomic E-state index is 12.9. The van der Waals surface area contributed by atoms with E-state index in [4.69, 9.17) is 0 Å². The van der Waals surface area contributed by atoms with E-state index in [0.717, 1.165) is 0 Å². The molecule has 0 aromatic rings. The number of alkyl halides is 3. The third kappa shape index (κ3) is 7.96. The zero-order valence-corrected chi connectivity index (χ0v) is 15.6. The van der Waals surface area contributed by atoms with Crippen LogP contribution in [0.3, 0.4) is 0 Å². The van der Waals surface area contributed by atoms with E-state index in [1.54, 1.807) is 0 Å². The predicted molar refractivity (Wildman–Crippen MR) is 93.4 cm³/mol. The van der Waals surface area contributed by atoms with Gasteiger partial charge in [0.1, 0.15) is 0 Å². The van der Waals surface area contributed by atoms with Gasteiger partial charge in [0.05, 0.1) is 12.5 Å². The van der Waals surface area contributed by atoms with Gasteiger partial charge in [-0.3, -0.25) is 9.79 Å². The van der Waals surface area contributed by atoms with Crippen LogP contribution in [-0.4, -0.2) is 43.7 Å². The van der Waals surface area contributed by atoms with Crippen molar-refractivity contribution in [2.45, 2.75) is 65.6 Å². The van der Waals surface area contributed by atoms with Gasteiger partial charge in [0.15, 0.2) is 5.96 Å². The second kappa shape index (κ2) is 9.29. The smallest absolute Gasteiger partial charge is 0.357 e. The average molecular weight is 364 g/mol. The summed E-state index contributed by atoms with van der Waals surface area (Å²) in [5, 5.41) is 8.95. The van der Waals surface area contributed by atoms with E-state index >= 15 is 0 Å². The Labute approximate surface area is 148 Å². The van der Waals surface area contributed by atoms with E-state index in [9.17, 15) is 18.0 Å². The Kier molecular flexibility index (Phi) is 8.02. The lowest BCUT2D eigenvalue weighted by Gasteiger charge is -2.32. The van der Waals surface area contributed by atoms with Crippen LogP contribution in [0, 0.1) is 11.3 Å². The number of guanidine groups is 1. The highest BCUT2D eigenvalue weighted by Crippen LogP contribution is 2.37. The maximum Gasteiger partial charge on any atom is 0.391 e. The summed E-state index contributed by atoms with van der Waals surface area (Å²) in [5.41, 5.74) is -0.457. The van der Waals surface area contributed by atoms with Crippen molar-refractivity contribution in [2.24, 2.45) is 16.3 Å². The summed E-state index contributed by atoms with van der Waals surface area (Å²) in [5.74, 6) is -0.797. The van der Waals surface area contributed by atoms with Gasteiger partial charge in [0, 0.05) is 24.5 Å². The minimum absolute atomic E-state index is 0.0547. The molecule has 1 rings (SSSR count). The first-order chi connectivity index (χ1) is 11.5. The summed E-state index contributed by atoms with van der Waals surface area (Å²) >= 11 is 0. The summed E-state index contributed by atoms with van der Waals surface area (Å²) < 4.78 is 38.7. The lowest BCUT2D eigenvalue weighted by Crippen LogP contribution is -2.47. The molecule has 2 atom stereocenters. The van der Waals surface area contributed by atoms with E-state index in [0.29, 0.717) is 38.4 Å². The van der Waals surface area contributed by atoms with E-state index in [1.165, 1.54) is 0 Å². The molecule has 1 aliphatic rings. The summed E-state index contributed by atoms with van der Waals surface area (Å²) in [7, 11) is 0. The standard InChI is InChI=1S/C17H31F3N4O/c1-5-21-15(23-10-9-22-14(25)16(2,3)4)24-13-8-6-7-12(11-13)17(18,19)20/h12-13H,5-11H2,1-4H3,(H,22,25)(H2,21,23,24). The van der Waals surface area contributed by atoms with Crippen molar-refractivity contribution in [2.75, 3.05) is 19.6 Å². The molecular formula is C17H31F3N4O. The Balaban J connectivity index is 2.51. The molecule has 5 nitrogen and oxygen atoms in total. The van der Waals surface area contributed by atoms with Crippen LogP contribution in [0.1, 0.15) is 53.4 Å². The number of carbonyl (C=O) groups is 1. The van der Waals surface area contributed by atoms with Crippen LogP contribution in [0.2, 0.25) is 0 Å². The van der Waals surface area contributed by atoms with E-state index in [-0.39, 0.29) is 24.8 Å². The minimum Gasteiger partial charge on any atom is -0.357 e. The van der Waals surface area contributed by atoms with Gasteiger partial charge in [-0.25, -0.2) is 0 Å². The summed E-state index contributed by atoms with van der Waals surface area (Å²) in [6.45, 7) is 8.77. The first-order valence-corrected chi connectivity index (χ1v) is 8.94. The Morgan fingerprint density at radius 2 is 1.84 bits per heavy atom. The normalized spacial score (nSPS) is 22.4. The third-order valence-corrected chi connectivity index (χ3v) is 4.17. The number of hydrogen-bond acceptors (Lipinski definition) is 2. The predicted octanol–water partition coefficient (Wildman–Crippen LogP) is 2.82. The molecule has 0 saturated heterocycles. The Bertz CT molecular complexity index is 458. The molecule has 3 N–H and O–H groups in total. The van der Waals surface area contributed by atoms with Crippen molar-refractivity contribution >= 4 is 11.9 Å². The number of aliphatic imine (C=N–C) groups is 1. The first-order valence-electron chi connectivity index (χ1n) is 8.94. The lowest BCUT2D eigenvalue weighted by atomic mass is 9.85. The van der Waals surface area contributed by atoms with E-state index < -0.39 is 17.5 Å². The van der Waals surface area contributed by atoms with Gasteiger partial charge in [-0.05, 0) is 26.2 Å². The maximum absolute atomic E-state index is 12.9. The van der Waals surface area contributed by atoms with Crippen LogP contribution in [0.5, 0.6) is 0 Å². The van der Waals surface area contributed by atoms with Crippen LogP contribution in [0.25, 0.3) is 0 Å². The van der Waals surface area contributed by atoms with Crippen molar-refractivity contribution in [1.82, 2.24) is 16.0 Å². The third-order valence-electron chi connectivity index (χ3n) is 4.17. The Morgan fingerprint density at radius 3 is 2.40 bits per heavy atom. The van der Waals surface area contributed by atoms with Crippen LogP contribution >= 0.6 is 0 Å². The van der Waals surface area contributed by atoms with Crippen molar-refractivity contribution in [3.8, 4) is 0 Å². The first kappa shape index (κ1) is 21.6. The molecule has 0 aromatic heterocycles. The van der Waals surface area contributed by atoms with Crippen molar-refractivity contribution in [3.63, 3.8) is 0 Å². The number of halogens is 3. The molecule has 0 aliphatic heterocycles. The van der Waals surface area contributed by atoms with Crippen molar-refractivity contribution in [3.05, 3.63) is 0 Å². The second-order valence-corrected chi connectivity index (χ2v) is 7.51. The van der Waals surface area contributed by atoms with Gasteiger partial charge in [-0.2, -0.15) is 13.2 Å². The van der Waals surface area contributed by atoms with Gasteiger partial charge < -0.3 is 16.0 Å². The summed E-state index contributed by atoms with van der Waals surface area (Å²) in [6, 6.07) is -0.234. The quantitative estimate of drug-likeness (QED) is 0.399. The molecule has 8 heteroatoms. The number of carbonyl (C=O) groups excluding carboxylic acids is 1. The molecule has 0 radical (unpaired) electrons. The molecule has 1 fully saturated rings. The fraction of sp³-hybridized carbons (Fsp3) is 0.882. The minimum atomic E-state index is -4.13. The monoisotopic (exact) mass is 364 g/mol. The summed E-state index contributed by atoms with van der Waals surface area (Å²) in [4.78, 5) is 16.1. The molecule has 146 valence electrons. The van der Waals surface area contributed by atoms with Crippen molar-refractivity contribution < 1.29 is 18.0 Å². The fourth-order valence-electron chi connectivity index (χ4n) is 2.73. The number of rotatable bonds is 5. The van der Waals surface area contributed by atoms with E-state index in [1.807, 2.05) is 27.7 Å². The van der Waals surface area contributed by atoms with Crippen LogP contribution in [0.15, 0.2) is 4.99 Å². The van der Waals surface area contributed by atoms with Gasteiger partial charge in [-0.1, -0.05) is 27.2 Å². The Hall–Kier alpha value is -1.47. The number of nitrogens with zero attached hydrogens (tertiary/aromatic N) is 1. The molecule has 0 bridgehead atoms. The average Bonchev–Trinajstić information content (AvgIpc) is 2.50. The lowest BCUT2D eigenvalue weighted by molar-refractivity contribution is -0.183. The highest BCUT2D eigenvalue weighted by Gasteiger charge is 2.42. The van der Waals surface area contributed by atoms with E-state index in [2.05, 4.69) is 20.9 Å². The zero-order valence-electron chi connectivity index (χ0n) is 15.6. The highest BCUT2D eigenvalue weighted by molar-refractivity contribution is 5.81. The summed E-state index contributed by atoms with van der Waals surface area (Å²) in [6.07, 6.45) is -2.59. The highest BCUT2D eigenvalue weighted by atomic mass is 19.4. The zero-order chi connectivity index (χ0) is 19.1. The SMILES string of the molecule is CCNC(=NCCNC(=O)C(C)(C)C)NC1CCCC(C(F)(F)F)C1. The number of nitrogens with one attached hydrogen (secondary N) is 3. The van der Waals surface area contributed by atoms with Crippen LogP contribution in [0.4, 0.5) is 13.2 Å². The molecule has 0 heterocycles. The second-order valence-electron chi connectivity index (χ2n) is 7.51. The fourth-order valence-corrected chi connectivity index (χ4v) is 2.73. The van der Waals surface area contributed by atoms with Crippen LogP contribution in [-0.2, 0) is 4.79 Å².